The molecule has 1 aromatic carbocycles. The Labute approximate surface area is 121 Å². The van der Waals surface area contributed by atoms with Gasteiger partial charge in [-0.2, -0.15) is 0 Å². The van der Waals surface area contributed by atoms with E-state index in [1.165, 1.54) is 12.0 Å². The number of carbonyl (C=O) groups is 1. The van der Waals surface area contributed by atoms with E-state index in [0.29, 0.717) is 0 Å². The van der Waals surface area contributed by atoms with E-state index in [4.69, 9.17) is 0 Å². The highest BCUT2D eigenvalue weighted by Crippen LogP contribution is 2.27. The molecule has 0 atom stereocenters. The van der Waals surface area contributed by atoms with Crippen molar-refractivity contribution >= 4 is 11.5 Å². The Morgan fingerprint density at radius 2 is 1.90 bits per heavy atom. The maximum absolute atomic E-state index is 12.3. The van der Waals surface area contributed by atoms with Crippen LogP contribution in [0, 0.1) is 5.41 Å². The summed E-state index contributed by atoms with van der Waals surface area (Å²) in [4.78, 5) is 12.3. The number of carbonyl (C=O) groups excluding carboxylic acids is 1. The molecule has 0 aliphatic heterocycles. The van der Waals surface area contributed by atoms with E-state index in [0.717, 1.165) is 24.2 Å². The van der Waals surface area contributed by atoms with E-state index in [2.05, 4.69) is 11.4 Å². The van der Waals surface area contributed by atoms with Crippen LogP contribution in [-0.2, 0) is 4.79 Å². The number of benzene rings is 1. The summed E-state index contributed by atoms with van der Waals surface area (Å²) >= 11 is 0. The summed E-state index contributed by atoms with van der Waals surface area (Å²) in [5.74, 6) is 0.156. The van der Waals surface area contributed by atoms with E-state index in [1.54, 1.807) is 6.08 Å². The van der Waals surface area contributed by atoms with Gasteiger partial charge in [-0.3, -0.25) is 4.79 Å². The van der Waals surface area contributed by atoms with E-state index >= 15 is 0 Å². The Kier molecular flexibility index (Phi) is 4.43. The minimum atomic E-state index is -0.344. The second-order valence-corrected chi connectivity index (χ2v) is 6.28. The van der Waals surface area contributed by atoms with Crippen LogP contribution in [0.5, 0.6) is 0 Å². The topological polar surface area (TPSA) is 29.1 Å². The van der Waals surface area contributed by atoms with Crippen LogP contribution in [0.3, 0.4) is 0 Å². The van der Waals surface area contributed by atoms with Gasteiger partial charge in [-0.15, -0.1) is 0 Å². The van der Waals surface area contributed by atoms with Crippen LogP contribution in [0.2, 0.25) is 0 Å². The van der Waals surface area contributed by atoms with Gasteiger partial charge in [0, 0.05) is 22.9 Å². The van der Waals surface area contributed by atoms with Crippen LogP contribution in [0.15, 0.2) is 53.8 Å². The predicted octanol–water partition coefficient (Wildman–Crippen LogP) is 4.71. The number of nitrogens with one attached hydrogen (secondary N) is 1. The fourth-order valence-corrected chi connectivity index (χ4v) is 2.15. The maximum Gasteiger partial charge on any atom is 0.163 e. The monoisotopic (exact) mass is 269 g/mol. The molecule has 1 aliphatic carbocycles. The lowest BCUT2D eigenvalue weighted by atomic mass is 9.89. The largest absolute Gasteiger partial charge is 0.355 e. The molecular formula is C18H23NO. The maximum atomic E-state index is 12.3. The molecule has 2 heteroatoms. The van der Waals surface area contributed by atoms with Gasteiger partial charge in [-0.1, -0.05) is 45.0 Å². The SMILES string of the molecule is CC(C)(C)C(=O)/C=C(\Nc1ccccc1)C1=CCCC1. The first kappa shape index (κ1) is 14.6. The lowest BCUT2D eigenvalue weighted by Crippen LogP contribution is -2.19. The lowest BCUT2D eigenvalue weighted by molar-refractivity contribution is -0.121. The highest BCUT2D eigenvalue weighted by Gasteiger charge is 2.21. The van der Waals surface area contributed by atoms with Crippen molar-refractivity contribution < 1.29 is 4.79 Å². The molecule has 0 saturated carbocycles. The second kappa shape index (κ2) is 6.08. The quantitative estimate of drug-likeness (QED) is 0.802. The van der Waals surface area contributed by atoms with Crippen molar-refractivity contribution in [2.45, 2.75) is 40.0 Å². The first-order valence-electron chi connectivity index (χ1n) is 7.24. The van der Waals surface area contributed by atoms with Gasteiger partial charge in [0.05, 0.1) is 0 Å². The molecular weight excluding hydrogens is 246 g/mol. The van der Waals surface area contributed by atoms with E-state index in [9.17, 15) is 4.79 Å². The summed E-state index contributed by atoms with van der Waals surface area (Å²) < 4.78 is 0. The van der Waals surface area contributed by atoms with Gasteiger partial charge >= 0.3 is 0 Å². The molecule has 0 unspecified atom stereocenters. The number of hydrogen-bond acceptors (Lipinski definition) is 2. The van der Waals surface area contributed by atoms with Crippen LogP contribution in [0.25, 0.3) is 0 Å². The minimum absolute atomic E-state index is 0.156. The number of rotatable bonds is 4. The summed E-state index contributed by atoms with van der Waals surface area (Å²) in [6, 6.07) is 10.0. The molecule has 20 heavy (non-hydrogen) atoms. The number of anilines is 1. The van der Waals surface area contributed by atoms with Gasteiger partial charge in [0.1, 0.15) is 0 Å². The second-order valence-electron chi connectivity index (χ2n) is 6.28. The molecule has 1 N–H and O–H groups in total. The average Bonchev–Trinajstić information content (AvgIpc) is 2.92. The van der Waals surface area contributed by atoms with Crippen molar-refractivity contribution in [3.05, 3.63) is 53.8 Å². The zero-order valence-corrected chi connectivity index (χ0v) is 12.6. The molecule has 1 aromatic rings. The summed E-state index contributed by atoms with van der Waals surface area (Å²) in [6.45, 7) is 5.86. The molecule has 0 bridgehead atoms. The van der Waals surface area contributed by atoms with Crippen LogP contribution < -0.4 is 5.32 Å². The molecule has 0 amide bonds. The smallest absolute Gasteiger partial charge is 0.163 e. The summed E-state index contributed by atoms with van der Waals surface area (Å²) in [5, 5.41) is 3.40. The standard InChI is InChI=1S/C18H23NO/c1-18(2,3)17(20)13-16(14-9-7-8-10-14)19-15-11-5-4-6-12-15/h4-6,9,11-13,19H,7-8,10H2,1-3H3/b16-13-. The number of hydrogen-bond donors (Lipinski definition) is 1. The Morgan fingerprint density at radius 3 is 2.45 bits per heavy atom. The van der Waals surface area contributed by atoms with Crippen LogP contribution in [0.4, 0.5) is 5.69 Å². The van der Waals surface area contributed by atoms with Crippen LogP contribution in [0.1, 0.15) is 40.0 Å². The fourth-order valence-electron chi connectivity index (χ4n) is 2.15. The zero-order valence-electron chi connectivity index (χ0n) is 12.6. The number of para-hydroxylation sites is 1. The Morgan fingerprint density at radius 1 is 1.20 bits per heavy atom. The first-order valence-corrected chi connectivity index (χ1v) is 7.24. The summed E-state index contributed by atoms with van der Waals surface area (Å²) in [7, 11) is 0. The predicted molar refractivity (Wildman–Crippen MR) is 84.5 cm³/mol. The van der Waals surface area contributed by atoms with E-state index < -0.39 is 0 Å². The highest BCUT2D eigenvalue weighted by molar-refractivity contribution is 5.95. The normalized spacial score (nSPS) is 15.9. The van der Waals surface area contributed by atoms with Gasteiger partial charge < -0.3 is 5.32 Å². The summed E-state index contributed by atoms with van der Waals surface area (Å²) in [5.41, 5.74) is 2.89. The lowest BCUT2D eigenvalue weighted by Gasteiger charge is -2.17. The van der Waals surface area contributed by atoms with Gasteiger partial charge in [0.2, 0.25) is 0 Å². The molecule has 2 nitrogen and oxygen atoms in total. The van der Waals surface area contributed by atoms with Crippen molar-refractivity contribution in [2.75, 3.05) is 5.32 Å². The molecule has 0 heterocycles. The van der Waals surface area contributed by atoms with Gasteiger partial charge in [0.25, 0.3) is 0 Å². The van der Waals surface area contributed by atoms with E-state index in [1.807, 2.05) is 51.1 Å². The number of allylic oxidation sites excluding steroid dienone is 3. The highest BCUT2D eigenvalue weighted by atomic mass is 16.1. The van der Waals surface area contributed by atoms with E-state index in [-0.39, 0.29) is 11.2 Å². The molecule has 106 valence electrons. The van der Waals surface area contributed by atoms with Gasteiger partial charge in [0.15, 0.2) is 5.78 Å². The van der Waals surface area contributed by atoms with Crippen molar-refractivity contribution in [1.29, 1.82) is 0 Å². The van der Waals surface area contributed by atoms with Crippen molar-refractivity contribution in [2.24, 2.45) is 5.41 Å². The van der Waals surface area contributed by atoms with Gasteiger partial charge in [-0.25, -0.2) is 0 Å². The third-order valence-corrected chi connectivity index (χ3v) is 3.45. The third-order valence-electron chi connectivity index (χ3n) is 3.45. The molecule has 0 aromatic heterocycles. The molecule has 0 fully saturated rings. The third kappa shape index (κ3) is 3.83. The first-order chi connectivity index (χ1) is 9.47. The van der Waals surface area contributed by atoms with Crippen molar-refractivity contribution in [1.82, 2.24) is 0 Å². The fraction of sp³-hybridized carbons (Fsp3) is 0.389. The Hall–Kier alpha value is -1.83. The van der Waals surface area contributed by atoms with Crippen LogP contribution >= 0.6 is 0 Å². The molecule has 0 spiro atoms. The Balaban J connectivity index is 2.26. The zero-order chi connectivity index (χ0) is 14.6. The molecule has 1 aliphatic rings. The number of ketones is 1. The van der Waals surface area contributed by atoms with Crippen LogP contribution in [-0.4, -0.2) is 5.78 Å². The van der Waals surface area contributed by atoms with Crippen molar-refractivity contribution in [3.63, 3.8) is 0 Å². The van der Waals surface area contributed by atoms with Gasteiger partial charge in [-0.05, 0) is 37.0 Å². The Bertz CT molecular complexity index is 532. The molecule has 0 saturated heterocycles. The minimum Gasteiger partial charge on any atom is -0.355 e. The molecule has 2 rings (SSSR count). The molecule has 0 radical (unpaired) electrons. The summed E-state index contributed by atoms with van der Waals surface area (Å²) in [6.07, 6.45) is 7.32. The average molecular weight is 269 g/mol. The van der Waals surface area contributed by atoms with Crippen molar-refractivity contribution in [3.8, 4) is 0 Å².